The summed E-state index contributed by atoms with van der Waals surface area (Å²) < 4.78 is 11.7. The van der Waals surface area contributed by atoms with Crippen molar-refractivity contribution in [2.24, 2.45) is 9.98 Å². The van der Waals surface area contributed by atoms with E-state index in [4.69, 9.17) is 9.47 Å². The summed E-state index contributed by atoms with van der Waals surface area (Å²) in [6.07, 6.45) is 40.9. The predicted octanol–water partition coefficient (Wildman–Crippen LogP) is 14.4. The predicted molar refractivity (Wildman–Crippen MR) is 233 cm³/mol. The third-order valence-corrected chi connectivity index (χ3v) is 10.4. The van der Waals surface area contributed by atoms with Gasteiger partial charge in [0.15, 0.2) is 0 Å². The van der Waals surface area contributed by atoms with Gasteiger partial charge in [0.05, 0.1) is 26.3 Å². The highest BCUT2D eigenvalue weighted by Gasteiger charge is 2.04. The molecule has 6 nitrogen and oxygen atoms in total. The molecule has 0 radical (unpaired) electrons. The molecule has 6 heteroatoms. The minimum absolute atomic E-state index is 0.164. The first-order chi connectivity index (χ1) is 26.6. The molecule has 0 saturated heterocycles. The fourth-order valence-corrected chi connectivity index (χ4v) is 6.86. The molecule has 0 bridgehead atoms. The van der Waals surface area contributed by atoms with Crippen LogP contribution in [0.1, 0.15) is 205 Å². The maximum atomic E-state index is 10.4. The van der Waals surface area contributed by atoms with Crippen molar-refractivity contribution in [3.05, 3.63) is 47.5 Å². The largest absolute Gasteiger partial charge is 0.507 e. The molecule has 306 valence electrons. The lowest BCUT2D eigenvalue weighted by Crippen LogP contribution is -1.98. The number of phenolic OH excluding ortho intramolecular Hbond substituents is 2. The van der Waals surface area contributed by atoms with Crippen LogP contribution >= 0.6 is 0 Å². The third kappa shape index (κ3) is 25.9. The molecule has 54 heavy (non-hydrogen) atoms. The summed E-state index contributed by atoms with van der Waals surface area (Å²) in [7, 11) is 0. The quantitative estimate of drug-likeness (QED) is 0.0532. The van der Waals surface area contributed by atoms with Crippen molar-refractivity contribution in [3.8, 4) is 23.0 Å². The molecule has 0 spiro atoms. The summed E-state index contributed by atoms with van der Waals surface area (Å²) in [5, 5.41) is 20.9. The molecule has 0 fully saturated rings. The standard InChI is InChI=1S/C48H80N2O4/c1-3-5-7-9-11-13-15-17-19-21-23-25-27-29-37-53-45-33-31-43(47(51)39-45)41-49-35-36-50-42-44-32-34-46(40-48(44)52)54-38-30-28-26-24-22-20-18-16-14-12-10-8-6-4-2/h31-34,39-42,51-52H,3-30,35-38H2,1-2H3. The Morgan fingerprint density at radius 3 is 0.963 bits per heavy atom. The van der Waals surface area contributed by atoms with E-state index in [1.54, 1.807) is 24.6 Å². The fraction of sp³-hybridized carbons (Fsp3) is 0.708. The number of hydrogen-bond acceptors (Lipinski definition) is 6. The number of nitrogens with zero attached hydrogens (tertiary/aromatic N) is 2. The van der Waals surface area contributed by atoms with E-state index in [1.807, 2.05) is 24.3 Å². The number of aromatic hydroxyl groups is 2. The molecule has 0 aliphatic rings. The van der Waals surface area contributed by atoms with E-state index >= 15 is 0 Å². The molecule has 0 aromatic heterocycles. The number of ether oxygens (including phenoxy) is 2. The van der Waals surface area contributed by atoms with Gasteiger partial charge in [-0.05, 0) is 37.1 Å². The van der Waals surface area contributed by atoms with Crippen LogP contribution in [0.2, 0.25) is 0 Å². The van der Waals surface area contributed by atoms with Crippen LogP contribution in [0.5, 0.6) is 23.0 Å². The zero-order valence-corrected chi connectivity index (χ0v) is 34.9. The average Bonchev–Trinajstić information content (AvgIpc) is 3.17. The van der Waals surface area contributed by atoms with Crippen LogP contribution in [-0.2, 0) is 0 Å². The first-order valence-corrected chi connectivity index (χ1v) is 22.5. The molecule has 2 rings (SSSR count). The van der Waals surface area contributed by atoms with Crippen LogP contribution in [0.3, 0.4) is 0 Å². The van der Waals surface area contributed by atoms with E-state index in [1.165, 1.54) is 167 Å². The Labute approximate surface area is 331 Å². The first kappa shape index (κ1) is 47.1. The van der Waals surface area contributed by atoms with Gasteiger partial charge in [-0.3, -0.25) is 9.98 Å². The number of hydrogen-bond donors (Lipinski definition) is 2. The fourth-order valence-electron chi connectivity index (χ4n) is 6.86. The number of aliphatic imine (C=N–C) groups is 2. The Hall–Kier alpha value is -3.02. The van der Waals surface area contributed by atoms with E-state index in [0.717, 1.165) is 12.8 Å². The molecule has 0 saturated carbocycles. The molecular formula is C48H80N2O4. The Kier molecular flexibility index (Phi) is 30.1. The highest BCUT2D eigenvalue weighted by atomic mass is 16.5. The van der Waals surface area contributed by atoms with Gasteiger partial charge >= 0.3 is 0 Å². The van der Waals surface area contributed by atoms with Crippen molar-refractivity contribution in [1.82, 2.24) is 0 Å². The van der Waals surface area contributed by atoms with E-state index in [9.17, 15) is 10.2 Å². The maximum Gasteiger partial charge on any atom is 0.128 e. The second kappa shape index (κ2) is 34.5. The number of rotatable bonds is 37. The van der Waals surface area contributed by atoms with Gasteiger partial charge in [0.25, 0.3) is 0 Å². The molecule has 2 aromatic rings. The summed E-state index contributed by atoms with van der Waals surface area (Å²) in [4.78, 5) is 8.83. The molecule has 0 aliphatic carbocycles. The minimum Gasteiger partial charge on any atom is -0.507 e. The van der Waals surface area contributed by atoms with Gasteiger partial charge in [-0.2, -0.15) is 0 Å². The smallest absolute Gasteiger partial charge is 0.128 e. The number of phenols is 2. The van der Waals surface area contributed by atoms with Crippen LogP contribution in [0.15, 0.2) is 46.4 Å². The minimum atomic E-state index is 0.164. The van der Waals surface area contributed by atoms with Crippen molar-refractivity contribution in [1.29, 1.82) is 0 Å². The molecule has 0 amide bonds. The molecule has 0 heterocycles. The van der Waals surface area contributed by atoms with Crippen molar-refractivity contribution < 1.29 is 19.7 Å². The lowest BCUT2D eigenvalue weighted by molar-refractivity contribution is 0.302. The van der Waals surface area contributed by atoms with E-state index < -0.39 is 0 Å². The van der Waals surface area contributed by atoms with Crippen molar-refractivity contribution in [2.75, 3.05) is 26.3 Å². The second-order valence-electron chi connectivity index (χ2n) is 15.4. The molecule has 2 aromatic carbocycles. The van der Waals surface area contributed by atoms with Crippen molar-refractivity contribution in [3.63, 3.8) is 0 Å². The molecule has 0 unspecified atom stereocenters. The highest BCUT2D eigenvalue weighted by molar-refractivity contribution is 5.84. The Balaban J connectivity index is 1.47. The lowest BCUT2D eigenvalue weighted by atomic mass is 10.0. The van der Waals surface area contributed by atoms with Crippen molar-refractivity contribution >= 4 is 12.4 Å². The molecule has 0 aliphatic heterocycles. The summed E-state index contributed by atoms with van der Waals surface area (Å²) in [5.41, 5.74) is 1.32. The Morgan fingerprint density at radius 1 is 0.407 bits per heavy atom. The van der Waals surface area contributed by atoms with E-state index in [0.29, 0.717) is 48.9 Å². The topological polar surface area (TPSA) is 83.6 Å². The normalized spacial score (nSPS) is 11.7. The number of benzene rings is 2. The van der Waals surface area contributed by atoms with E-state index in [2.05, 4.69) is 23.8 Å². The third-order valence-electron chi connectivity index (χ3n) is 10.4. The zero-order valence-electron chi connectivity index (χ0n) is 34.9. The lowest BCUT2D eigenvalue weighted by Gasteiger charge is -2.08. The summed E-state index contributed by atoms with van der Waals surface area (Å²) >= 11 is 0. The van der Waals surface area contributed by atoms with Crippen LogP contribution in [-0.4, -0.2) is 48.9 Å². The summed E-state index contributed by atoms with van der Waals surface area (Å²) in [5.74, 6) is 1.71. The van der Waals surface area contributed by atoms with Gasteiger partial charge in [0.2, 0.25) is 0 Å². The SMILES string of the molecule is CCCCCCCCCCCCCCCCOc1ccc(C=NCCN=Cc2ccc(OCCCCCCCCCCCCCCCC)cc2O)c(O)c1. The summed E-state index contributed by atoms with van der Waals surface area (Å²) in [6, 6.07) is 10.8. The maximum absolute atomic E-state index is 10.4. The van der Waals surface area contributed by atoms with Crippen LogP contribution < -0.4 is 9.47 Å². The average molecular weight is 749 g/mol. The Morgan fingerprint density at radius 2 is 0.685 bits per heavy atom. The van der Waals surface area contributed by atoms with Gasteiger partial charge in [-0.15, -0.1) is 0 Å². The van der Waals surface area contributed by atoms with Gasteiger partial charge in [-0.25, -0.2) is 0 Å². The number of unbranched alkanes of at least 4 members (excludes halogenated alkanes) is 26. The van der Waals surface area contributed by atoms with Crippen molar-refractivity contribution in [2.45, 2.75) is 194 Å². The molecule has 2 N–H and O–H groups in total. The first-order valence-electron chi connectivity index (χ1n) is 22.5. The Bertz CT molecular complexity index is 1120. The summed E-state index contributed by atoms with van der Waals surface area (Å²) in [6.45, 7) is 6.87. The van der Waals surface area contributed by atoms with Gasteiger partial charge in [-0.1, -0.05) is 181 Å². The zero-order chi connectivity index (χ0) is 38.6. The van der Waals surface area contributed by atoms with Gasteiger partial charge in [0, 0.05) is 35.7 Å². The van der Waals surface area contributed by atoms with E-state index in [-0.39, 0.29) is 11.5 Å². The highest BCUT2D eigenvalue weighted by Crippen LogP contribution is 2.24. The van der Waals surface area contributed by atoms with Crippen LogP contribution in [0, 0.1) is 0 Å². The van der Waals surface area contributed by atoms with Crippen LogP contribution in [0.25, 0.3) is 0 Å². The monoisotopic (exact) mass is 749 g/mol. The molecule has 0 atom stereocenters. The van der Waals surface area contributed by atoms with Gasteiger partial charge in [0.1, 0.15) is 23.0 Å². The molecular weight excluding hydrogens is 669 g/mol. The van der Waals surface area contributed by atoms with Crippen LogP contribution in [0.4, 0.5) is 0 Å². The second-order valence-corrected chi connectivity index (χ2v) is 15.4. The van der Waals surface area contributed by atoms with Gasteiger partial charge < -0.3 is 19.7 Å².